The van der Waals surface area contributed by atoms with Crippen molar-refractivity contribution in [3.05, 3.63) is 64.0 Å². The predicted octanol–water partition coefficient (Wildman–Crippen LogP) is 5.84. The van der Waals surface area contributed by atoms with Gasteiger partial charge in [-0.1, -0.05) is 31.2 Å². The van der Waals surface area contributed by atoms with Crippen molar-refractivity contribution in [1.29, 1.82) is 0 Å². The van der Waals surface area contributed by atoms with Crippen LogP contribution in [-0.2, 0) is 18.0 Å². The molecule has 1 aromatic heterocycles. The second-order valence-corrected chi connectivity index (χ2v) is 15.9. The highest BCUT2D eigenvalue weighted by atomic mass is 35.5. The zero-order valence-electron chi connectivity index (χ0n) is 20.6. The molecule has 0 spiro atoms. The van der Waals surface area contributed by atoms with Crippen LogP contribution in [0.1, 0.15) is 17.0 Å². The van der Waals surface area contributed by atoms with Crippen LogP contribution in [0, 0.1) is 12.7 Å². The number of benzene rings is 2. The van der Waals surface area contributed by atoms with Gasteiger partial charge in [0.15, 0.2) is 11.6 Å². The van der Waals surface area contributed by atoms with Crippen LogP contribution in [0.4, 0.5) is 4.39 Å². The van der Waals surface area contributed by atoms with Crippen LogP contribution >= 0.6 is 11.6 Å². The van der Waals surface area contributed by atoms with Crippen molar-refractivity contribution in [2.24, 2.45) is 10.2 Å². The maximum absolute atomic E-state index is 15.7. The number of hydrogen-bond acceptors (Lipinski definition) is 6. The molecule has 0 unspecified atom stereocenters. The first-order chi connectivity index (χ1) is 17.2. The number of aromatic nitrogens is 2. The Morgan fingerprint density at radius 2 is 1.92 bits per heavy atom. The lowest BCUT2D eigenvalue weighted by molar-refractivity contribution is 0.0881. The quantitative estimate of drug-likeness (QED) is 0.273. The maximum atomic E-state index is 15.7. The lowest BCUT2D eigenvalue weighted by atomic mass is 10.1. The lowest BCUT2D eigenvalue weighted by Crippen LogP contribution is -2.22. The van der Waals surface area contributed by atoms with Gasteiger partial charge in [0.2, 0.25) is 0 Å². The molecule has 3 aromatic rings. The molecular formula is C25H27ClFN6O2Si. The molecule has 0 fully saturated rings. The topological polar surface area (TPSA) is 78.3 Å². The molecule has 36 heavy (non-hydrogen) atoms. The first-order valence-corrected chi connectivity index (χ1v) is 15.8. The average Bonchev–Trinajstić information content (AvgIpc) is 3.48. The highest BCUT2D eigenvalue weighted by Crippen LogP contribution is 2.38. The third-order valence-electron chi connectivity index (χ3n) is 6.07. The summed E-state index contributed by atoms with van der Waals surface area (Å²) in [5, 5.41) is 10.4. The minimum atomic E-state index is -1.22. The molecule has 0 amide bonds. The number of hydrogen-bond donors (Lipinski definition) is 0. The molecular weight excluding hydrogens is 499 g/mol. The number of hydrazone groups is 1. The number of fused-ring (bicyclic) bond motifs is 2. The molecule has 8 nitrogen and oxygen atoms in total. The highest BCUT2D eigenvalue weighted by Gasteiger charge is 2.23. The van der Waals surface area contributed by atoms with Crippen molar-refractivity contribution in [1.82, 2.24) is 20.0 Å². The van der Waals surface area contributed by atoms with Crippen LogP contribution in [0.5, 0.6) is 11.5 Å². The van der Waals surface area contributed by atoms with E-state index in [0.717, 1.165) is 22.9 Å². The number of rotatable bonds is 8. The monoisotopic (exact) mass is 525 g/mol. The van der Waals surface area contributed by atoms with Gasteiger partial charge >= 0.3 is 0 Å². The van der Waals surface area contributed by atoms with Gasteiger partial charge in [-0.05, 0) is 37.2 Å². The highest BCUT2D eigenvalue weighted by molar-refractivity contribution is 6.76. The van der Waals surface area contributed by atoms with E-state index in [4.69, 9.17) is 21.1 Å². The SMILES string of the molecule is Cc1nc2ccc(Oc3ccc4c(c3Cl)CN(C3=C[N]N=C3)N=C4)c(F)c2n1COCC[Si](C)(C)C. The fraction of sp³-hybridized carbons (Fsp3) is 0.320. The molecule has 0 atom stereocenters. The summed E-state index contributed by atoms with van der Waals surface area (Å²) in [4.78, 5) is 4.50. The summed E-state index contributed by atoms with van der Waals surface area (Å²) in [7, 11) is -1.22. The van der Waals surface area contributed by atoms with Crippen molar-refractivity contribution in [2.75, 3.05) is 6.61 Å². The smallest absolute Gasteiger partial charge is 0.191 e. The van der Waals surface area contributed by atoms with Gasteiger partial charge in [0.25, 0.3) is 0 Å². The predicted molar refractivity (Wildman–Crippen MR) is 142 cm³/mol. The average molecular weight is 526 g/mol. The van der Waals surface area contributed by atoms with Gasteiger partial charge in [0.05, 0.1) is 35.7 Å². The summed E-state index contributed by atoms with van der Waals surface area (Å²) in [6.07, 6.45) is 4.97. The van der Waals surface area contributed by atoms with Crippen LogP contribution in [-0.4, -0.2) is 41.7 Å². The second-order valence-electron chi connectivity index (χ2n) is 9.94. The summed E-state index contributed by atoms with van der Waals surface area (Å²) in [6, 6.07) is 7.93. The minimum Gasteiger partial charge on any atom is -0.453 e. The maximum Gasteiger partial charge on any atom is 0.191 e. The molecule has 0 aliphatic carbocycles. The first-order valence-electron chi connectivity index (χ1n) is 11.7. The van der Waals surface area contributed by atoms with Crippen LogP contribution in [0.2, 0.25) is 30.7 Å². The van der Waals surface area contributed by atoms with Crippen LogP contribution in [0.15, 0.2) is 46.4 Å². The Bertz CT molecular complexity index is 1410. The molecule has 187 valence electrons. The first kappa shape index (κ1) is 24.5. The Labute approximate surface area is 215 Å². The zero-order valence-corrected chi connectivity index (χ0v) is 22.4. The van der Waals surface area contributed by atoms with Crippen LogP contribution < -0.4 is 10.2 Å². The Kier molecular flexibility index (Phi) is 6.58. The molecule has 5 rings (SSSR count). The van der Waals surface area contributed by atoms with Crippen molar-refractivity contribution >= 4 is 43.1 Å². The summed E-state index contributed by atoms with van der Waals surface area (Å²) >= 11 is 6.73. The molecule has 0 bridgehead atoms. The molecule has 1 radical (unpaired) electrons. The normalized spacial score (nSPS) is 14.8. The van der Waals surface area contributed by atoms with Gasteiger partial charge in [0, 0.05) is 25.8 Å². The largest absolute Gasteiger partial charge is 0.453 e. The molecule has 0 saturated heterocycles. The van der Waals surface area contributed by atoms with Crippen molar-refractivity contribution in [3.63, 3.8) is 0 Å². The van der Waals surface area contributed by atoms with Gasteiger partial charge in [0.1, 0.15) is 29.5 Å². The van der Waals surface area contributed by atoms with Gasteiger partial charge < -0.3 is 14.0 Å². The van der Waals surface area contributed by atoms with E-state index in [1.807, 2.05) is 13.0 Å². The van der Waals surface area contributed by atoms with Crippen LogP contribution in [0.25, 0.3) is 11.0 Å². The van der Waals surface area contributed by atoms with E-state index >= 15 is 4.39 Å². The zero-order chi connectivity index (χ0) is 25.4. The molecule has 2 aromatic carbocycles. The number of halogens is 2. The van der Waals surface area contributed by atoms with Crippen molar-refractivity contribution < 1.29 is 13.9 Å². The fourth-order valence-corrected chi connectivity index (χ4v) is 5.00. The van der Waals surface area contributed by atoms with E-state index in [9.17, 15) is 0 Å². The summed E-state index contributed by atoms with van der Waals surface area (Å²) in [5.74, 6) is 0.597. The Hall–Kier alpha value is -3.21. The molecule has 3 heterocycles. The number of aryl methyl sites for hydroxylation is 1. The summed E-state index contributed by atoms with van der Waals surface area (Å²) in [5.41, 5.74) is 7.19. The molecule has 11 heteroatoms. The van der Waals surface area contributed by atoms with Crippen molar-refractivity contribution in [3.8, 4) is 11.5 Å². The number of allylic oxidation sites excluding steroid dienone is 1. The second kappa shape index (κ2) is 9.68. The number of nitrogens with zero attached hydrogens (tertiary/aromatic N) is 6. The van der Waals surface area contributed by atoms with E-state index in [2.05, 4.69) is 40.3 Å². The van der Waals surface area contributed by atoms with E-state index in [1.165, 1.54) is 0 Å². The van der Waals surface area contributed by atoms with Crippen molar-refractivity contribution in [2.45, 2.75) is 45.9 Å². The van der Waals surface area contributed by atoms with Gasteiger partial charge in [-0.2, -0.15) is 15.6 Å². The van der Waals surface area contributed by atoms with E-state index in [0.29, 0.717) is 40.8 Å². The summed E-state index contributed by atoms with van der Waals surface area (Å²) < 4.78 is 29.4. The molecule has 0 saturated carbocycles. The third kappa shape index (κ3) is 4.88. The Morgan fingerprint density at radius 3 is 2.67 bits per heavy atom. The fourth-order valence-electron chi connectivity index (χ4n) is 3.98. The Morgan fingerprint density at radius 1 is 1.11 bits per heavy atom. The minimum absolute atomic E-state index is 0.0679. The Balaban J connectivity index is 1.40. The van der Waals surface area contributed by atoms with Crippen LogP contribution in [0.3, 0.4) is 0 Å². The molecule has 2 aliphatic heterocycles. The van der Waals surface area contributed by atoms with Gasteiger partial charge in [-0.25, -0.2) is 9.37 Å². The molecule has 2 aliphatic rings. The lowest BCUT2D eigenvalue weighted by Gasteiger charge is -2.24. The molecule has 0 N–H and O–H groups in total. The number of imidazole rings is 1. The standard InChI is InChI=1S/C25H27ClFN6O2Si/c1-16-31-20-6-8-22(24(27)25(20)32(16)15-34-9-10-36(2,3)4)35-21-7-5-17-11-30-33(14-19(17)23(21)26)18-12-28-29-13-18/h5-8,11-13H,9-10,14-15H2,1-4H3. The third-order valence-corrected chi connectivity index (χ3v) is 8.19. The van der Waals surface area contributed by atoms with Gasteiger partial charge in [-0.3, -0.25) is 5.01 Å². The van der Waals surface area contributed by atoms with E-state index in [-0.39, 0.29) is 12.5 Å². The number of ether oxygens (including phenoxy) is 2. The van der Waals surface area contributed by atoms with E-state index < -0.39 is 13.9 Å². The van der Waals surface area contributed by atoms with E-state index in [1.54, 1.807) is 46.4 Å². The summed E-state index contributed by atoms with van der Waals surface area (Å²) in [6.45, 7) is 10.0. The van der Waals surface area contributed by atoms with Gasteiger partial charge in [-0.15, -0.1) is 0 Å².